The van der Waals surface area contributed by atoms with Crippen molar-refractivity contribution in [2.75, 3.05) is 0 Å². The quantitative estimate of drug-likeness (QED) is 0.366. The molecule has 5 heteroatoms. The molecule has 0 spiro atoms. The Hall–Kier alpha value is -2.88. The first-order chi connectivity index (χ1) is 11.0. The lowest BCUT2D eigenvalue weighted by Gasteiger charge is -2.05. The summed E-state index contributed by atoms with van der Waals surface area (Å²) in [5.74, 6) is -0.379. The summed E-state index contributed by atoms with van der Waals surface area (Å²) in [6, 6.07) is 14.7. The smallest absolute Gasteiger partial charge is 0.343 e. The van der Waals surface area contributed by atoms with Gasteiger partial charge in [-0.15, -0.1) is 5.73 Å². The third kappa shape index (κ3) is 4.54. The summed E-state index contributed by atoms with van der Waals surface area (Å²) >= 11 is 0. The van der Waals surface area contributed by atoms with Crippen molar-refractivity contribution in [3.8, 4) is 5.75 Å². The van der Waals surface area contributed by atoms with Crippen LogP contribution < -0.4 is 4.74 Å². The summed E-state index contributed by atoms with van der Waals surface area (Å²) in [7, 11) is -3.57. The highest BCUT2D eigenvalue weighted by Crippen LogP contribution is 2.21. The van der Waals surface area contributed by atoms with Crippen LogP contribution in [0.2, 0.25) is 0 Å². The molecular formula is C18H14O4S. The summed E-state index contributed by atoms with van der Waals surface area (Å²) in [5, 5.41) is 1.08. The Bertz CT molecular complexity index is 874. The summed E-state index contributed by atoms with van der Waals surface area (Å²) < 4.78 is 29.6. The minimum atomic E-state index is -3.57. The number of rotatable bonds is 5. The van der Waals surface area contributed by atoms with Gasteiger partial charge >= 0.3 is 5.97 Å². The fraction of sp³-hybridized carbons (Fsp3) is 0. The van der Waals surface area contributed by atoms with Crippen molar-refractivity contribution >= 4 is 21.9 Å². The third-order valence-corrected chi connectivity index (χ3v) is 4.27. The van der Waals surface area contributed by atoms with Crippen molar-refractivity contribution in [3.63, 3.8) is 0 Å². The maximum Gasteiger partial charge on any atom is 0.343 e. The van der Waals surface area contributed by atoms with Crippen LogP contribution in [0.25, 0.3) is 6.08 Å². The Morgan fingerprint density at radius 1 is 1.04 bits per heavy atom. The molecule has 0 bridgehead atoms. The average molecular weight is 326 g/mol. The fourth-order valence-corrected chi connectivity index (χ4v) is 2.80. The van der Waals surface area contributed by atoms with Gasteiger partial charge in [-0.3, -0.25) is 0 Å². The molecule has 2 aromatic carbocycles. The van der Waals surface area contributed by atoms with E-state index < -0.39 is 15.8 Å². The lowest BCUT2D eigenvalue weighted by Crippen LogP contribution is -2.04. The summed E-state index contributed by atoms with van der Waals surface area (Å²) in [6.07, 6.45) is 2.45. The first-order valence-corrected chi connectivity index (χ1v) is 8.22. The molecule has 0 unspecified atom stereocenters. The van der Waals surface area contributed by atoms with Gasteiger partial charge in [-0.2, -0.15) is 0 Å². The minimum Gasteiger partial charge on any atom is -0.422 e. The highest BCUT2D eigenvalue weighted by atomic mass is 32.2. The normalized spacial score (nSPS) is 11.0. The lowest BCUT2D eigenvalue weighted by atomic mass is 10.2. The maximum absolute atomic E-state index is 12.2. The van der Waals surface area contributed by atoms with Gasteiger partial charge in [-0.1, -0.05) is 43.0 Å². The van der Waals surface area contributed by atoms with Gasteiger partial charge in [0.2, 0.25) is 0 Å². The average Bonchev–Trinajstić information content (AvgIpc) is 2.55. The van der Waals surface area contributed by atoms with Gasteiger partial charge in [0.05, 0.1) is 11.0 Å². The number of ether oxygens (including phenoxy) is 1. The van der Waals surface area contributed by atoms with Crippen LogP contribution in [0, 0.1) is 0 Å². The summed E-state index contributed by atoms with van der Waals surface area (Å²) in [5.41, 5.74) is 2.79. The van der Waals surface area contributed by atoms with Crippen molar-refractivity contribution in [2.24, 2.45) is 0 Å². The molecule has 0 heterocycles. The monoisotopic (exact) mass is 326 g/mol. The second-order valence-corrected chi connectivity index (χ2v) is 6.30. The zero-order valence-electron chi connectivity index (χ0n) is 12.2. The molecule has 0 saturated carbocycles. The molecule has 2 rings (SSSR count). The molecule has 0 N–H and O–H groups in total. The van der Waals surface area contributed by atoms with Crippen molar-refractivity contribution < 1.29 is 17.9 Å². The van der Waals surface area contributed by atoms with Gasteiger partial charge in [0.1, 0.15) is 5.75 Å². The van der Waals surface area contributed by atoms with Gasteiger partial charge in [-0.25, -0.2) is 13.2 Å². The Kier molecular flexibility index (Phi) is 5.31. The number of sulfone groups is 1. The molecule has 0 aliphatic heterocycles. The molecule has 0 atom stereocenters. The van der Waals surface area contributed by atoms with E-state index in [0.717, 1.165) is 11.5 Å². The zero-order valence-corrected chi connectivity index (χ0v) is 13.0. The number of para-hydroxylation sites is 1. The molecule has 23 heavy (non-hydrogen) atoms. The van der Waals surface area contributed by atoms with Crippen molar-refractivity contribution in [2.45, 2.75) is 4.90 Å². The predicted octanol–water partition coefficient (Wildman–Crippen LogP) is 3.38. The molecule has 0 aliphatic carbocycles. The van der Waals surface area contributed by atoms with E-state index in [1.807, 2.05) is 0 Å². The molecule has 4 nitrogen and oxygen atoms in total. The van der Waals surface area contributed by atoms with Crippen LogP contribution in [0.1, 0.15) is 5.56 Å². The Labute approximate surface area is 135 Å². The molecule has 0 aromatic heterocycles. The van der Waals surface area contributed by atoms with Crippen LogP contribution in [0.15, 0.2) is 83.3 Å². The summed E-state index contributed by atoms with van der Waals surface area (Å²) in [4.78, 5) is 11.7. The van der Waals surface area contributed by atoms with E-state index in [4.69, 9.17) is 4.74 Å². The highest BCUT2D eigenvalue weighted by Gasteiger charge is 2.10. The molecule has 116 valence electrons. The molecule has 0 radical (unpaired) electrons. The molecule has 0 aliphatic rings. The van der Waals surface area contributed by atoms with Crippen LogP contribution >= 0.6 is 0 Å². The van der Waals surface area contributed by atoms with Gasteiger partial charge in [-0.05, 0) is 24.3 Å². The first-order valence-electron chi connectivity index (χ1n) is 6.68. The number of esters is 1. The van der Waals surface area contributed by atoms with Crippen molar-refractivity contribution in [1.29, 1.82) is 0 Å². The van der Waals surface area contributed by atoms with Crippen LogP contribution in [0.5, 0.6) is 5.75 Å². The number of hydrogen-bond acceptors (Lipinski definition) is 4. The van der Waals surface area contributed by atoms with Gasteiger partial charge in [0.25, 0.3) is 0 Å². The lowest BCUT2D eigenvalue weighted by molar-refractivity contribution is -0.128. The second kappa shape index (κ2) is 7.40. The van der Waals surface area contributed by atoms with E-state index >= 15 is 0 Å². The van der Waals surface area contributed by atoms with E-state index in [2.05, 4.69) is 12.3 Å². The maximum atomic E-state index is 12.2. The SMILES string of the molecule is C=C=CC(=O)Oc1ccccc1/C=C/S(=O)(=O)c1ccccc1. The summed E-state index contributed by atoms with van der Waals surface area (Å²) in [6.45, 7) is 3.29. The first kappa shape index (κ1) is 16.5. The van der Waals surface area contributed by atoms with Crippen molar-refractivity contribution in [3.05, 3.63) is 84.0 Å². The Balaban J connectivity index is 2.30. The van der Waals surface area contributed by atoms with Crippen LogP contribution in [0.3, 0.4) is 0 Å². The van der Waals surface area contributed by atoms with Crippen molar-refractivity contribution in [1.82, 2.24) is 0 Å². The highest BCUT2D eigenvalue weighted by molar-refractivity contribution is 7.94. The van der Waals surface area contributed by atoms with Gasteiger partial charge in [0, 0.05) is 11.0 Å². The Morgan fingerprint density at radius 3 is 2.39 bits per heavy atom. The number of benzene rings is 2. The largest absolute Gasteiger partial charge is 0.422 e. The minimum absolute atomic E-state index is 0.195. The van der Waals surface area contributed by atoms with Crippen LogP contribution in [-0.4, -0.2) is 14.4 Å². The molecule has 0 fully saturated rings. The van der Waals surface area contributed by atoms with E-state index in [-0.39, 0.29) is 10.6 Å². The van der Waals surface area contributed by atoms with Gasteiger partial charge in [0.15, 0.2) is 9.84 Å². The predicted molar refractivity (Wildman–Crippen MR) is 88.4 cm³/mol. The number of carbonyl (C=O) groups is 1. The molecule has 0 saturated heterocycles. The topological polar surface area (TPSA) is 60.4 Å². The van der Waals surface area contributed by atoms with E-state index in [1.54, 1.807) is 42.5 Å². The Morgan fingerprint density at radius 2 is 1.70 bits per heavy atom. The second-order valence-electron chi connectivity index (χ2n) is 4.47. The molecular weight excluding hydrogens is 312 g/mol. The molecule has 0 amide bonds. The standard InChI is InChI=1S/C18H14O4S/c1-2-8-18(19)22-17-12-7-6-9-15(17)13-14-23(20,21)16-10-4-3-5-11-16/h3-14H,1H2/b14-13+. The third-order valence-electron chi connectivity index (χ3n) is 2.85. The zero-order chi connectivity index (χ0) is 16.7. The molecule has 2 aromatic rings. The van der Waals surface area contributed by atoms with E-state index in [0.29, 0.717) is 5.56 Å². The van der Waals surface area contributed by atoms with E-state index in [1.165, 1.54) is 18.2 Å². The number of carbonyl (C=O) groups excluding carboxylic acids is 1. The van der Waals surface area contributed by atoms with Crippen LogP contribution in [-0.2, 0) is 14.6 Å². The fourth-order valence-electron chi connectivity index (χ4n) is 1.78. The van der Waals surface area contributed by atoms with E-state index in [9.17, 15) is 13.2 Å². The van der Waals surface area contributed by atoms with Crippen LogP contribution in [0.4, 0.5) is 0 Å². The number of hydrogen-bond donors (Lipinski definition) is 0. The van der Waals surface area contributed by atoms with Gasteiger partial charge < -0.3 is 4.74 Å².